The van der Waals surface area contributed by atoms with Gasteiger partial charge in [-0.2, -0.15) is 0 Å². The Morgan fingerprint density at radius 2 is 2.06 bits per heavy atom. The normalized spacial score (nSPS) is 9.38. The highest BCUT2D eigenvalue weighted by molar-refractivity contribution is 9.11. The van der Waals surface area contributed by atoms with E-state index in [1.165, 1.54) is 7.05 Å². The minimum atomic E-state index is -0.534. The highest BCUT2D eigenvalue weighted by Crippen LogP contribution is 2.27. The van der Waals surface area contributed by atoms with E-state index in [2.05, 4.69) is 27.8 Å². The fourth-order valence-corrected chi connectivity index (χ4v) is 1.08. The van der Waals surface area contributed by atoms with Crippen LogP contribution in [0.5, 0.6) is 11.5 Å². The van der Waals surface area contributed by atoms with E-state index in [1.54, 1.807) is 24.3 Å². The van der Waals surface area contributed by atoms with E-state index >= 15 is 0 Å². The number of hydrogen-bond acceptors (Lipinski definition) is 3. The summed E-state index contributed by atoms with van der Waals surface area (Å²) in [5.41, 5.74) is 0. The molecule has 0 heterocycles. The molecule has 1 aromatic carbocycles. The highest BCUT2D eigenvalue weighted by atomic mass is 79.9. The van der Waals surface area contributed by atoms with Gasteiger partial charge >= 0.3 is 6.09 Å². The van der Waals surface area contributed by atoms with Crippen LogP contribution in [0.1, 0.15) is 0 Å². The van der Waals surface area contributed by atoms with E-state index in [-0.39, 0.29) is 0 Å². The Bertz CT molecular complexity index is 393. The summed E-state index contributed by atoms with van der Waals surface area (Å²) in [4.78, 5) is 11.1. The molecular formula is C11H12BrNO3. The molecule has 0 spiro atoms. The van der Waals surface area contributed by atoms with Gasteiger partial charge in [0.15, 0.2) is 11.5 Å². The Hall–Kier alpha value is -1.49. The van der Waals surface area contributed by atoms with Gasteiger partial charge in [-0.3, -0.25) is 0 Å². The second-order valence-electron chi connectivity index (χ2n) is 2.89. The van der Waals surface area contributed by atoms with Gasteiger partial charge in [-0.15, -0.1) is 0 Å². The third-order valence-electron chi connectivity index (χ3n) is 1.64. The molecule has 0 aliphatic carbocycles. The molecule has 5 heteroatoms. The van der Waals surface area contributed by atoms with E-state index in [9.17, 15) is 4.79 Å². The lowest BCUT2D eigenvalue weighted by atomic mass is 10.3. The summed E-state index contributed by atoms with van der Waals surface area (Å²) >= 11 is 3.18. The van der Waals surface area contributed by atoms with Crippen molar-refractivity contribution < 1.29 is 14.3 Å². The van der Waals surface area contributed by atoms with Gasteiger partial charge in [0.2, 0.25) is 0 Å². The first-order valence-electron chi connectivity index (χ1n) is 4.58. The molecule has 0 fully saturated rings. The standard InChI is InChI=1S/C11H12BrNO3/c1-8(12)7-15-9-5-3-4-6-10(9)16-11(14)13-2/h3-6H,1,7H2,2H3,(H,13,14). The Morgan fingerprint density at radius 3 is 2.62 bits per heavy atom. The minimum absolute atomic E-state index is 0.314. The van der Waals surface area contributed by atoms with Crippen LogP contribution < -0.4 is 14.8 Å². The molecule has 1 amide bonds. The summed E-state index contributed by atoms with van der Waals surface area (Å²) in [6, 6.07) is 6.92. The van der Waals surface area contributed by atoms with Gasteiger partial charge < -0.3 is 14.8 Å². The number of nitrogens with one attached hydrogen (secondary N) is 1. The Balaban J connectivity index is 2.74. The fraction of sp³-hybridized carbons (Fsp3) is 0.182. The van der Waals surface area contributed by atoms with Gasteiger partial charge in [0, 0.05) is 11.5 Å². The summed E-state index contributed by atoms with van der Waals surface area (Å²) in [5.74, 6) is 0.863. The fourth-order valence-electron chi connectivity index (χ4n) is 0.961. The van der Waals surface area contributed by atoms with Crippen LogP contribution in [0.15, 0.2) is 35.3 Å². The molecule has 4 nitrogen and oxygen atoms in total. The van der Waals surface area contributed by atoms with Gasteiger partial charge in [-0.25, -0.2) is 4.79 Å². The Kier molecular flexibility index (Phi) is 4.85. The second-order valence-corrected chi connectivity index (χ2v) is 4.01. The number of hydrogen-bond donors (Lipinski definition) is 1. The predicted molar refractivity (Wildman–Crippen MR) is 65.1 cm³/mol. The number of ether oxygens (including phenoxy) is 2. The lowest BCUT2D eigenvalue weighted by molar-refractivity contribution is 0.200. The minimum Gasteiger partial charge on any atom is -0.484 e. The van der Waals surface area contributed by atoms with Crippen molar-refractivity contribution in [2.24, 2.45) is 0 Å². The van der Waals surface area contributed by atoms with Crippen LogP contribution in [0.4, 0.5) is 4.79 Å². The molecule has 0 saturated carbocycles. The Labute approximate surface area is 102 Å². The molecule has 0 aliphatic heterocycles. The molecule has 0 unspecified atom stereocenters. The van der Waals surface area contributed by atoms with E-state index < -0.39 is 6.09 Å². The maximum absolute atomic E-state index is 11.1. The largest absolute Gasteiger partial charge is 0.484 e. The van der Waals surface area contributed by atoms with Crippen LogP contribution in [0.3, 0.4) is 0 Å². The van der Waals surface area contributed by atoms with Gasteiger partial charge in [0.25, 0.3) is 0 Å². The SMILES string of the molecule is C=C(Br)COc1ccccc1OC(=O)NC. The van der Waals surface area contributed by atoms with Crippen LogP contribution in [0.25, 0.3) is 0 Å². The van der Waals surface area contributed by atoms with Crippen LogP contribution in [-0.2, 0) is 0 Å². The molecule has 0 bridgehead atoms. The number of carbonyl (C=O) groups excluding carboxylic acids is 1. The zero-order valence-corrected chi connectivity index (χ0v) is 10.4. The first kappa shape index (κ1) is 12.6. The van der Waals surface area contributed by atoms with Crippen LogP contribution in [0, 0.1) is 0 Å². The molecular weight excluding hydrogens is 274 g/mol. The van der Waals surface area contributed by atoms with Crippen molar-refractivity contribution in [3.8, 4) is 11.5 Å². The van der Waals surface area contributed by atoms with E-state index in [1.807, 2.05) is 0 Å². The van der Waals surface area contributed by atoms with Crippen molar-refractivity contribution in [3.63, 3.8) is 0 Å². The van der Waals surface area contributed by atoms with Crippen molar-refractivity contribution in [3.05, 3.63) is 35.3 Å². The first-order valence-corrected chi connectivity index (χ1v) is 5.37. The van der Waals surface area contributed by atoms with Gasteiger partial charge in [-0.1, -0.05) is 34.6 Å². The van der Waals surface area contributed by atoms with Crippen molar-refractivity contribution in [1.82, 2.24) is 5.32 Å². The second kappa shape index (κ2) is 6.17. The number of rotatable bonds is 4. The summed E-state index contributed by atoms with van der Waals surface area (Å²) in [6.45, 7) is 3.96. The van der Waals surface area contributed by atoms with Gasteiger partial charge in [-0.05, 0) is 12.1 Å². The molecule has 0 aliphatic rings. The summed E-state index contributed by atoms with van der Waals surface area (Å²) in [5, 5.41) is 2.36. The number of carbonyl (C=O) groups is 1. The van der Waals surface area contributed by atoms with Crippen molar-refractivity contribution in [2.45, 2.75) is 0 Å². The van der Waals surface area contributed by atoms with E-state index in [4.69, 9.17) is 9.47 Å². The number of halogens is 1. The third kappa shape index (κ3) is 3.94. The summed E-state index contributed by atoms with van der Waals surface area (Å²) < 4.78 is 11.1. The van der Waals surface area contributed by atoms with Gasteiger partial charge in [0.05, 0.1) is 0 Å². The van der Waals surface area contributed by atoms with Crippen LogP contribution in [0.2, 0.25) is 0 Å². The molecule has 0 aromatic heterocycles. The lowest BCUT2D eigenvalue weighted by Gasteiger charge is -2.10. The van der Waals surface area contributed by atoms with Crippen LogP contribution >= 0.6 is 15.9 Å². The third-order valence-corrected chi connectivity index (χ3v) is 1.87. The molecule has 0 saturated heterocycles. The molecule has 16 heavy (non-hydrogen) atoms. The number of benzene rings is 1. The number of para-hydroxylation sites is 2. The van der Waals surface area contributed by atoms with Crippen molar-refractivity contribution >= 4 is 22.0 Å². The molecule has 1 N–H and O–H groups in total. The monoisotopic (exact) mass is 285 g/mol. The van der Waals surface area contributed by atoms with E-state index in [0.29, 0.717) is 22.6 Å². The quantitative estimate of drug-likeness (QED) is 0.925. The summed E-state index contributed by atoms with van der Waals surface area (Å²) in [6.07, 6.45) is -0.534. The maximum Gasteiger partial charge on any atom is 0.412 e. The molecule has 86 valence electrons. The zero-order valence-electron chi connectivity index (χ0n) is 8.83. The average Bonchev–Trinajstić information content (AvgIpc) is 2.27. The number of amides is 1. The van der Waals surface area contributed by atoms with E-state index in [0.717, 1.165) is 0 Å². The predicted octanol–water partition coefficient (Wildman–Crippen LogP) is 2.69. The van der Waals surface area contributed by atoms with Crippen molar-refractivity contribution in [2.75, 3.05) is 13.7 Å². The highest BCUT2D eigenvalue weighted by Gasteiger charge is 2.08. The summed E-state index contributed by atoms with van der Waals surface area (Å²) in [7, 11) is 1.49. The zero-order chi connectivity index (χ0) is 12.0. The first-order chi connectivity index (χ1) is 7.63. The molecule has 0 atom stereocenters. The Morgan fingerprint density at radius 1 is 1.44 bits per heavy atom. The van der Waals surface area contributed by atoms with Gasteiger partial charge in [0.1, 0.15) is 6.61 Å². The molecule has 1 rings (SSSR count). The lowest BCUT2D eigenvalue weighted by Crippen LogP contribution is -2.22. The maximum atomic E-state index is 11.1. The van der Waals surface area contributed by atoms with Crippen LogP contribution in [-0.4, -0.2) is 19.7 Å². The average molecular weight is 286 g/mol. The molecule has 1 aromatic rings. The molecule has 0 radical (unpaired) electrons. The smallest absolute Gasteiger partial charge is 0.412 e. The van der Waals surface area contributed by atoms with Crippen molar-refractivity contribution in [1.29, 1.82) is 0 Å². The topological polar surface area (TPSA) is 47.6 Å².